The van der Waals surface area contributed by atoms with Gasteiger partial charge in [-0.3, -0.25) is 14.5 Å². The van der Waals surface area contributed by atoms with Gasteiger partial charge in [-0.25, -0.2) is 4.98 Å². The summed E-state index contributed by atoms with van der Waals surface area (Å²) in [4.78, 5) is 33.8. The number of benzene rings is 3. The number of fused-ring (bicyclic) bond motifs is 2. The summed E-state index contributed by atoms with van der Waals surface area (Å²) < 4.78 is 23.4. The van der Waals surface area contributed by atoms with Gasteiger partial charge in [-0.1, -0.05) is 17.4 Å². The van der Waals surface area contributed by atoms with Gasteiger partial charge in [-0.15, -0.1) is 0 Å². The molecule has 0 spiro atoms. The molecule has 9 nitrogen and oxygen atoms in total. The third kappa shape index (κ3) is 4.34. The third-order valence-electron chi connectivity index (χ3n) is 7.64. The Morgan fingerprint density at radius 3 is 2.40 bits per heavy atom. The number of rotatable bonds is 6. The number of nitrogens with zero attached hydrogens (tertiary/aromatic N) is 2. The molecule has 0 radical (unpaired) electrons. The fraction of sp³-hybridized carbons (Fsp3) is 0.281. The second-order valence-electron chi connectivity index (χ2n) is 10.5. The van der Waals surface area contributed by atoms with Crippen molar-refractivity contribution in [1.29, 1.82) is 0 Å². The number of hydrogen-bond acceptors (Lipinski definition) is 9. The van der Waals surface area contributed by atoms with E-state index in [2.05, 4.69) is 0 Å². The Morgan fingerprint density at radius 1 is 1.02 bits per heavy atom. The molecule has 1 N–H and O–H groups in total. The standard InChI is InChI=1S/C32H30N2O7S/c1-15-9-16(2)26-24(10-15)42-32(33-26)34-27(20-13-22(38-4)30(40-6)23(14-20)39-5)25(29(36)31(34)37)28(35)18-7-8-21-19(12-18)11-17(3)41-21/h7-10,12-14,17,27,35H,11H2,1-6H3/b28-25-. The number of aryl methyl sites for hydroxylation is 2. The molecule has 0 aliphatic carbocycles. The van der Waals surface area contributed by atoms with Crippen molar-refractivity contribution in [3.8, 4) is 23.0 Å². The van der Waals surface area contributed by atoms with Crippen molar-refractivity contribution in [3.05, 3.63) is 75.9 Å². The summed E-state index contributed by atoms with van der Waals surface area (Å²) in [5.74, 6) is -0.107. The number of carbonyl (C=O) groups is 2. The van der Waals surface area contributed by atoms with Crippen LogP contribution in [0.15, 0.2) is 48.0 Å². The van der Waals surface area contributed by atoms with Crippen molar-refractivity contribution in [2.75, 3.05) is 26.2 Å². The molecule has 1 fully saturated rings. The van der Waals surface area contributed by atoms with Gasteiger partial charge in [-0.05, 0) is 79.4 Å². The number of methoxy groups -OCH3 is 3. The average molecular weight is 587 g/mol. The predicted molar refractivity (Wildman–Crippen MR) is 160 cm³/mol. The van der Waals surface area contributed by atoms with Crippen LogP contribution in [0.1, 0.15) is 40.8 Å². The van der Waals surface area contributed by atoms with E-state index in [4.69, 9.17) is 23.9 Å². The normalized spacial score (nSPS) is 19.2. The number of ether oxygens (including phenoxy) is 4. The first kappa shape index (κ1) is 27.6. The van der Waals surface area contributed by atoms with E-state index in [9.17, 15) is 14.7 Å². The van der Waals surface area contributed by atoms with Gasteiger partial charge in [0.1, 0.15) is 17.6 Å². The summed E-state index contributed by atoms with van der Waals surface area (Å²) in [6, 6.07) is 11.6. The SMILES string of the molecule is COc1cc(C2/C(=C(/O)c3ccc4c(c3)CC(C)O4)C(=O)C(=O)N2c2nc3c(C)cc(C)cc3s2)cc(OC)c1OC. The van der Waals surface area contributed by atoms with Gasteiger partial charge in [0, 0.05) is 12.0 Å². The van der Waals surface area contributed by atoms with Crippen molar-refractivity contribution < 1.29 is 33.6 Å². The lowest BCUT2D eigenvalue weighted by atomic mass is 9.94. The number of thiazole rings is 1. The zero-order chi connectivity index (χ0) is 29.9. The second-order valence-corrected chi connectivity index (χ2v) is 11.5. The lowest BCUT2D eigenvalue weighted by molar-refractivity contribution is -0.132. The van der Waals surface area contributed by atoms with E-state index in [0.717, 1.165) is 32.7 Å². The van der Waals surface area contributed by atoms with Crippen LogP contribution in [0.2, 0.25) is 0 Å². The summed E-state index contributed by atoms with van der Waals surface area (Å²) in [5, 5.41) is 12.1. The predicted octanol–water partition coefficient (Wildman–Crippen LogP) is 5.89. The molecule has 2 atom stereocenters. The van der Waals surface area contributed by atoms with Crippen LogP contribution in [0.4, 0.5) is 5.13 Å². The molecule has 6 rings (SSSR count). The van der Waals surface area contributed by atoms with Crippen LogP contribution in [0.25, 0.3) is 16.0 Å². The molecule has 0 bridgehead atoms. The first-order chi connectivity index (χ1) is 20.1. The number of anilines is 1. The number of amides is 1. The lowest BCUT2D eigenvalue weighted by Gasteiger charge is -2.24. The van der Waals surface area contributed by atoms with E-state index >= 15 is 0 Å². The van der Waals surface area contributed by atoms with E-state index in [-0.39, 0.29) is 17.4 Å². The van der Waals surface area contributed by atoms with Crippen LogP contribution in [0.3, 0.4) is 0 Å². The highest BCUT2D eigenvalue weighted by atomic mass is 32.1. The first-order valence-electron chi connectivity index (χ1n) is 13.4. The fourth-order valence-corrected chi connectivity index (χ4v) is 6.96. The number of ketones is 1. The summed E-state index contributed by atoms with van der Waals surface area (Å²) in [6.45, 7) is 5.93. The third-order valence-corrected chi connectivity index (χ3v) is 8.64. The maximum absolute atomic E-state index is 13.8. The molecule has 3 heterocycles. The van der Waals surface area contributed by atoms with Crippen LogP contribution in [-0.4, -0.2) is 49.2 Å². The Kier molecular flexibility index (Phi) is 6.81. The van der Waals surface area contributed by atoms with Gasteiger partial charge >= 0.3 is 5.91 Å². The van der Waals surface area contributed by atoms with Gasteiger partial charge in [0.05, 0.1) is 43.2 Å². The minimum atomic E-state index is -1.02. The second kappa shape index (κ2) is 10.4. The van der Waals surface area contributed by atoms with Crippen molar-refractivity contribution in [2.24, 2.45) is 0 Å². The molecule has 10 heteroatoms. The number of hydrogen-bond donors (Lipinski definition) is 1. The smallest absolute Gasteiger partial charge is 0.301 e. The number of aliphatic hydroxyl groups is 1. The molecule has 4 aromatic rings. The van der Waals surface area contributed by atoms with Crippen molar-refractivity contribution >= 4 is 44.1 Å². The Hall–Kier alpha value is -4.57. The Labute approximate surface area is 246 Å². The maximum atomic E-state index is 13.8. The molecule has 0 saturated carbocycles. The minimum absolute atomic E-state index is 0.00772. The van der Waals surface area contributed by atoms with Crippen LogP contribution in [0, 0.1) is 13.8 Å². The zero-order valence-electron chi connectivity index (χ0n) is 24.1. The van der Waals surface area contributed by atoms with E-state index in [1.165, 1.54) is 37.6 Å². The summed E-state index contributed by atoms with van der Waals surface area (Å²) in [5.41, 5.74) is 4.53. The van der Waals surface area contributed by atoms with E-state index in [1.54, 1.807) is 30.3 Å². The highest BCUT2D eigenvalue weighted by Crippen LogP contribution is 2.48. The number of aromatic nitrogens is 1. The van der Waals surface area contributed by atoms with E-state index in [0.29, 0.717) is 39.9 Å². The maximum Gasteiger partial charge on any atom is 0.301 e. The Morgan fingerprint density at radius 2 is 1.74 bits per heavy atom. The highest BCUT2D eigenvalue weighted by Gasteiger charge is 2.49. The molecule has 216 valence electrons. The van der Waals surface area contributed by atoms with Gasteiger partial charge in [0.15, 0.2) is 16.6 Å². The largest absolute Gasteiger partial charge is 0.507 e. The monoisotopic (exact) mass is 586 g/mol. The molecule has 1 saturated heterocycles. The molecular weight excluding hydrogens is 556 g/mol. The summed E-state index contributed by atoms with van der Waals surface area (Å²) in [6.07, 6.45) is 0.680. The van der Waals surface area contributed by atoms with Gasteiger partial charge in [-0.2, -0.15) is 0 Å². The fourth-order valence-electron chi connectivity index (χ4n) is 5.79. The van der Waals surface area contributed by atoms with Crippen LogP contribution in [-0.2, 0) is 16.0 Å². The van der Waals surface area contributed by atoms with Gasteiger partial charge in [0.2, 0.25) is 5.75 Å². The zero-order valence-corrected chi connectivity index (χ0v) is 24.9. The van der Waals surface area contributed by atoms with Crippen LogP contribution in [0.5, 0.6) is 23.0 Å². The quantitative estimate of drug-likeness (QED) is 0.169. The topological polar surface area (TPSA) is 107 Å². The Balaban J connectivity index is 1.60. The molecule has 1 amide bonds. The summed E-state index contributed by atoms with van der Waals surface area (Å²) >= 11 is 1.31. The van der Waals surface area contributed by atoms with Crippen molar-refractivity contribution in [2.45, 2.75) is 39.3 Å². The molecule has 2 unspecified atom stereocenters. The first-order valence-corrected chi connectivity index (χ1v) is 14.3. The van der Waals surface area contributed by atoms with Crippen LogP contribution >= 0.6 is 11.3 Å². The van der Waals surface area contributed by atoms with E-state index < -0.39 is 17.7 Å². The highest BCUT2D eigenvalue weighted by molar-refractivity contribution is 7.22. The van der Waals surface area contributed by atoms with Gasteiger partial charge in [0.25, 0.3) is 5.78 Å². The molecule has 1 aromatic heterocycles. The molecule has 3 aromatic carbocycles. The number of Topliss-reactive ketones (excluding diaryl/α,β-unsaturated/α-hetero) is 1. The summed E-state index contributed by atoms with van der Waals surface area (Å²) in [7, 11) is 4.48. The lowest BCUT2D eigenvalue weighted by Crippen LogP contribution is -2.29. The van der Waals surface area contributed by atoms with Crippen molar-refractivity contribution in [3.63, 3.8) is 0 Å². The number of aliphatic hydroxyl groups excluding tert-OH is 1. The Bertz CT molecular complexity index is 1780. The van der Waals surface area contributed by atoms with Crippen LogP contribution < -0.4 is 23.8 Å². The van der Waals surface area contributed by atoms with E-state index in [1.807, 2.05) is 32.9 Å². The molecule has 42 heavy (non-hydrogen) atoms. The molecule has 2 aliphatic rings. The number of carbonyl (C=O) groups excluding carboxylic acids is 2. The average Bonchev–Trinajstić information content (AvgIpc) is 3.64. The molecular formula is C32H30N2O7S. The molecule has 2 aliphatic heterocycles. The van der Waals surface area contributed by atoms with Crippen molar-refractivity contribution in [1.82, 2.24) is 4.98 Å². The van der Waals surface area contributed by atoms with Gasteiger partial charge < -0.3 is 24.1 Å². The minimum Gasteiger partial charge on any atom is -0.507 e.